The first kappa shape index (κ1) is 15.2. The van der Waals surface area contributed by atoms with Gasteiger partial charge in [0.15, 0.2) is 11.6 Å². The van der Waals surface area contributed by atoms with Gasteiger partial charge in [0.2, 0.25) is 0 Å². The van der Waals surface area contributed by atoms with E-state index in [4.69, 9.17) is 4.74 Å². The van der Waals surface area contributed by atoms with Gasteiger partial charge in [-0.1, -0.05) is 26.8 Å². The van der Waals surface area contributed by atoms with E-state index in [9.17, 15) is 9.18 Å². The summed E-state index contributed by atoms with van der Waals surface area (Å²) in [7, 11) is 1.40. The second kappa shape index (κ2) is 5.31. The van der Waals surface area contributed by atoms with Crippen molar-refractivity contribution >= 4 is 0 Å². The highest BCUT2D eigenvalue weighted by Gasteiger charge is 2.21. The average molecular weight is 290 g/mol. The Hall–Kier alpha value is -2.17. The third-order valence-electron chi connectivity index (χ3n) is 3.30. The smallest absolute Gasteiger partial charge is 0.254 e. The van der Waals surface area contributed by atoms with Gasteiger partial charge in [0.25, 0.3) is 5.56 Å². The van der Waals surface area contributed by atoms with Crippen molar-refractivity contribution in [3.63, 3.8) is 0 Å². The molecule has 0 aliphatic heterocycles. The molecule has 21 heavy (non-hydrogen) atoms. The van der Waals surface area contributed by atoms with Gasteiger partial charge in [0, 0.05) is 16.5 Å². The van der Waals surface area contributed by atoms with Crippen LogP contribution in [0.5, 0.6) is 5.75 Å². The molecule has 1 heterocycles. The third kappa shape index (κ3) is 2.82. The van der Waals surface area contributed by atoms with Gasteiger partial charge in [0.05, 0.1) is 12.8 Å². The lowest BCUT2D eigenvalue weighted by Crippen LogP contribution is -2.24. The van der Waals surface area contributed by atoms with Gasteiger partial charge in [-0.2, -0.15) is 0 Å². The van der Waals surface area contributed by atoms with Crippen LogP contribution >= 0.6 is 0 Å². The number of halogens is 1. The highest BCUT2D eigenvalue weighted by atomic mass is 19.1. The highest BCUT2D eigenvalue weighted by Crippen LogP contribution is 2.30. The lowest BCUT2D eigenvalue weighted by Gasteiger charge is -2.19. The van der Waals surface area contributed by atoms with Crippen molar-refractivity contribution in [3.05, 3.63) is 45.8 Å². The molecule has 1 aromatic heterocycles. The monoisotopic (exact) mass is 290 g/mol. The van der Waals surface area contributed by atoms with Crippen LogP contribution < -0.4 is 10.3 Å². The Morgan fingerprint density at radius 3 is 2.52 bits per heavy atom. The number of ether oxygens (including phenoxy) is 1. The highest BCUT2D eigenvalue weighted by molar-refractivity contribution is 5.65. The van der Waals surface area contributed by atoms with Gasteiger partial charge in [-0.25, -0.2) is 9.37 Å². The fourth-order valence-electron chi connectivity index (χ4n) is 2.00. The third-order valence-corrected chi connectivity index (χ3v) is 3.30. The molecule has 0 aliphatic carbocycles. The van der Waals surface area contributed by atoms with Gasteiger partial charge in [0.1, 0.15) is 5.82 Å². The zero-order valence-electron chi connectivity index (χ0n) is 12.9. The Labute approximate surface area is 123 Å². The van der Waals surface area contributed by atoms with Crippen LogP contribution in [-0.4, -0.2) is 17.1 Å². The minimum atomic E-state index is -0.513. The molecule has 0 saturated heterocycles. The second-order valence-corrected chi connectivity index (χ2v) is 5.96. The molecule has 2 rings (SSSR count). The molecule has 0 aliphatic rings. The van der Waals surface area contributed by atoms with Crippen molar-refractivity contribution in [1.82, 2.24) is 9.97 Å². The Morgan fingerprint density at radius 1 is 1.29 bits per heavy atom. The summed E-state index contributed by atoms with van der Waals surface area (Å²) in [5, 5.41) is 0. The molecule has 0 amide bonds. The van der Waals surface area contributed by atoms with E-state index in [1.807, 2.05) is 20.8 Å². The molecular weight excluding hydrogens is 271 g/mol. The summed E-state index contributed by atoms with van der Waals surface area (Å²) in [5.41, 5.74) is 0.405. The second-order valence-electron chi connectivity index (χ2n) is 5.96. The molecule has 112 valence electrons. The lowest BCUT2D eigenvalue weighted by molar-refractivity contribution is 0.387. The largest absolute Gasteiger partial charge is 0.494 e. The number of nitrogens with zero attached hydrogens (tertiary/aromatic N) is 1. The number of aromatic nitrogens is 2. The number of hydrogen-bond acceptors (Lipinski definition) is 3. The maximum absolute atomic E-state index is 14.4. The van der Waals surface area contributed by atoms with Crippen molar-refractivity contribution < 1.29 is 9.13 Å². The zero-order chi connectivity index (χ0) is 15.8. The van der Waals surface area contributed by atoms with Crippen molar-refractivity contribution in [2.24, 2.45) is 0 Å². The maximum Gasteiger partial charge on any atom is 0.254 e. The summed E-state index contributed by atoms with van der Waals surface area (Å²) in [6, 6.07) is 4.81. The van der Waals surface area contributed by atoms with E-state index in [-0.39, 0.29) is 22.3 Å². The predicted octanol–water partition coefficient (Wildman–Crippen LogP) is 3.19. The van der Waals surface area contributed by atoms with Crippen molar-refractivity contribution in [3.8, 4) is 17.0 Å². The first-order chi connectivity index (χ1) is 9.75. The van der Waals surface area contributed by atoms with E-state index < -0.39 is 5.82 Å². The van der Waals surface area contributed by atoms with Gasteiger partial charge >= 0.3 is 0 Å². The molecule has 0 unspecified atom stereocenters. The molecule has 1 aromatic carbocycles. The fraction of sp³-hybridized carbons (Fsp3) is 0.375. The number of aromatic amines is 1. The minimum absolute atomic E-state index is 0.131. The predicted molar refractivity (Wildman–Crippen MR) is 80.2 cm³/mol. The summed E-state index contributed by atoms with van der Waals surface area (Å²) in [5.74, 6) is 0.141. The van der Waals surface area contributed by atoms with Crippen LogP contribution in [0.1, 0.15) is 32.2 Å². The quantitative estimate of drug-likeness (QED) is 0.924. The van der Waals surface area contributed by atoms with Crippen LogP contribution in [0.15, 0.2) is 23.0 Å². The summed E-state index contributed by atoms with van der Waals surface area (Å²) < 4.78 is 19.4. The lowest BCUT2D eigenvalue weighted by atomic mass is 9.95. The molecule has 5 heteroatoms. The first-order valence-electron chi connectivity index (χ1n) is 6.70. The van der Waals surface area contributed by atoms with E-state index in [0.29, 0.717) is 17.1 Å². The summed E-state index contributed by atoms with van der Waals surface area (Å²) in [6.07, 6.45) is 0. The number of methoxy groups -OCH3 is 1. The van der Waals surface area contributed by atoms with E-state index in [2.05, 4.69) is 9.97 Å². The molecular formula is C16H19FN2O2. The van der Waals surface area contributed by atoms with Crippen LogP contribution in [0.25, 0.3) is 11.3 Å². The molecule has 1 N–H and O–H groups in total. The van der Waals surface area contributed by atoms with E-state index in [1.165, 1.54) is 13.2 Å². The maximum atomic E-state index is 14.4. The molecule has 0 atom stereocenters. The van der Waals surface area contributed by atoms with Crippen LogP contribution in [-0.2, 0) is 5.41 Å². The summed E-state index contributed by atoms with van der Waals surface area (Å²) in [4.78, 5) is 19.3. The SMILES string of the molecule is COc1cccc(-c2nc(C(C)(C)C)[nH]c(=O)c2C)c1F. The number of benzene rings is 1. The van der Waals surface area contributed by atoms with Crippen molar-refractivity contribution in [2.45, 2.75) is 33.1 Å². The Balaban J connectivity index is 2.75. The van der Waals surface area contributed by atoms with E-state index in [0.717, 1.165) is 0 Å². The van der Waals surface area contributed by atoms with Crippen LogP contribution in [0.2, 0.25) is 0 Å². The zero-order valence-corrected chi connectivity index (χ0v) is 12.9. The normalized spacial score (nSPS) is 11.5. The van der Waals surface area contributed by atoms with Gasteiger partial charge < -0.3 is 9.72 Å². The van der Waals surface area contributed by atoms with Crippen LogP contribution in [0.4, 0.5) is 4.39 Å². The van der Waals surface area contributed by atoms with Gasteiger partial charge in [-0.3, -0.25) is 4.79 Å². The Morgan fingerprint density at radius 2 is 1.95 bits per heavy atom. The summed E-state index contributed by atoms with van der Waals surface area (Å²) in [6.45, 7) is 7.44. The first-order valence-corrected chi connectivity index (χ1v) is 6.70. The molecule has 0 bridgehead atoms. The van der Waals surface area contributed by atoms with Crippen LogP contribution in [0, 0.1) is 12.7 Å². The summed E-state index contributed by atoms with van der Waals surface area (Å²) >= 11 is 0. The molecule has 0 fully saturated rings. The van der Waals surface area contributed by atoms with Gasteiger partial charge in [-0.05, 0) is 19.1 Å². The topological polar surface area (TPSA) is 55.0 Å². The molecule has 2 aromatic rings. The van der Waals surface area contributed by atoms with E-state index >= 15 is 0 Å². The molecule has 0 spiro atoms. The molecule has 0 radical (unpaired) electrons. The fourth-order valence-corrected chi connectivity index (χ4v) is 2.00. The van der Waals surface area contributed by atoms with Crippen LogP contribution in [0.3, 0.4) is 0 Å². The van der Waals surface area contributed by atoms with Crippen molar-refractivity contribution in [2.75, 3.05) is 7.11 Å². The number of hydrogen-bond donors (Lipinski definition) is 1. The number of H-pyrrole nitrogens is 1. The van der Waals surface area contributed by atoms with Gasteiger partial charge in [-0.15, -0.1) is 0 Å². The van der Waals surface area contributed by atoms with Crippen molar-refractivity contribution in [1.29, 1.82) is 0 Å². The number of nitrogens with one attached hydrogen (secondary N) is 1. The number of rotatable bonds is 2. The Kier molecular flexibility index (Phi) is 3.85. The average Bonchev–Trinajstić information content (AvgIpc) is 2.41. The minimum Gasteiger partial charge on any atom is -0.494 e. The van der Waals surface area contributed by atoms with E-state index in [1.54, 1.807) is 19.1 Å². The molecule has 4 nitrogen and oxygen atoms in total. The standard InChI is InChI=1S/C16H19FN2O2/c1-9-13(10-7-6-8-11(21-5)12(10)17)18-15(16(2,3)4)19-14(9)20/h6-8H,1-5H3,(H,18,19,20). The Bertz CT molecular complexity index is 730. The molecule has 0 saturated carbocycles.